The van der Waals surface area contributed by atoms with E-state index in [0.717, 1.165) is 60.3 Å². The summed E-state index contributed by atoms with van der Waals surface area (Å²) >= 11 is 0. The van der Waals surface area contributed by atoms with E-state index in [1.807, 2.05) is 18.5 Å². The van der Waals surface area contributed by atoms with Gasteiger partial charge in [-0.1, -0.05) is 30.3 Å². The molecule has 2 aliphatic rings. The van der Waals surface area contributed by atoms with Gasteiger partial charge in [0.05, 0.1) is 17.1 Å². The smallest absolute Gasteiger partial charge is 0.182 e. The van der Waals surface area contributed by atoms with E-state index in [1.54, 1.807) is 4.80 Å². The Morgan fingerprint density at radius 1 is 1.06 bits per heavy atom. The minimum atomic E-state index is 0.194. The van der Waals surface area contributed by atoms with E-state index in [2.05, 4.69) is 72.4 Å². The summed E-state index contributed by atoms with van der Waals surface area (Å²) in [7, 11) is 2.24. The minimum absolute atomic E-state index is 0.194. The molecule has 2 aromatic heterocycles. The van der Waals surface area contributed by atoms with Gasteiger partial charge in [-0.2, -0.15) is 4.80 Å². The van der Waals surface area contributed by atoms with Crippen LogP contribution in [0.15, 0.2) is 48.7 Å². The minimum Gasteiger partial charge on any atom is -0.365 e. The Labute approximate surface area is 189 Å². The molecule has 1 fully saturated rings. The third-order valence-electron chi connectivity index (χ3n) is 6.45. The van der Waals surface area contributed by atoms with Crippen LogP contribution in [0.4, 0.5) is 5.82 Å². The summed E-state index contributed by atoms with van der Waals surface area (Å²) in [5.74, 6) is 0.798. The van der Waals surface area contributed by atoms with Crippen molar-refractivity contribution >= 4 is 17.7 Å². The van der Waals surface area contributed by atoms with Gasteiger partial charge in [0.25, 0.3) is 0 Å². The molecule has 7 nitrogen and oxygen atoms in total. The molecule has 1 aromatic carbocycles. The maximum absolute atomic E-state index is 4.89. The molecule has 5 rings (SSSR count). The molecule has 0 spiro atoms. The van der Waals surface area contributed by atoms with Crippen LogP contribution in [0.2, 0.25) is 0 Å². The molecule has 2 aliphatic heterocycles. The number of likely N-dealkylation sites (N-methyl/N-ethyl adjacent to an activating group) is 1. The second kappa shape index (κ2) is 8.74. The van der Waals surface area contributed by atoms with Crippen molar-refractivity contribution in [2.75, 3.05) is 32.0 Å². The molecule has 32 heavy (non-hydrogen) atoms. The van der Waals surface area contributed by atoms with Crippen molar-refractivity contribution in [3.63, 3.8) is 0 Å². The van der Waals surface area contributed by atoms with Crippen LogP contribution in [-0.2, 0) is 6.42 Å². The van der Waals surface area contributed by atoms with Crippen LogP contribution in [0.5, 0.6) is 0 Å². The number of aryl methyl sites for hydroxylation is 1. The van der Waals surface area contributed by atoms with Crippen molar-refractivity contribution < 1.29 is 0 Å². The van der Waals surface area contributed by atoms with Gasteiger partial charge < -0.3 is 10.2 Å². The number of hydrogen-bond acceptors (Lipinski definition) is 6. The van der Waals surface area contributed by atoms with Crippen molar-refractivity contribution in [2.24, 2.45) is 0 Å². The highest BCUT2D eigenvalue weighted by Gasteiger charge is 2.30. The first-order valence-electron chi connectivity index (χ1n) is 11.5. The number of rotatable bonds is 5. The van der Waals surface area contributed by atoms with E-state index >= 15 is 0 Å². The molecule has 3 aromatic rings. The van der Waals surface area contributed by atoms with E-state index in [0.29, 0.717) is 6.04 Å². The molecule has 7 heteroatoms. The molecule has 0 saturated carbocycles. The maximum Gasteiger partial charge on any atom is 0.182 e. The number of anilines is 1. The Morgan fingerprint density at radius 3 is 2.72 bits per heavy atom. The molecule has 4 heterocycles. The van der Waals surface area contributed by atoms with Crippen molar-refractivity contribution in [3.8, 4) is 0 Å². The maximum atomic E-state index is 4.89. The fourth-order valence-electron chi connectivity index (χ4n) is 4.54. The van der Waals surface area contributed by atoms with Crippen molar-refractivity contribution in [1.29, 1.82) is 0 Å². The predicted octanol–water partition coefficient (Wildman–Crippen LogP) is 1.82. The highest BCUT2D eigenvalue weighted by molar-refractivity contribution is 5.73. The van der Waals surface area contributed by atoms with Crippen LogP contribution in [0.1, 0.15) is 37.6 Å². The molecular formula is C25H31N7. The summed E-state index contributed by atoms with van der Waals surface area (Å²) in [5.41, 5.74) is 3.37. The fraction of sp³-hybridized carbons (Fsp3) is 0.400. The highest BCUT2D eigenvalue weighted by Crippen LogP contribution is 2.26. The second-order valence-corrected chi connectivity index (χ2v) is 8.99. The first-order valence-corrected chi connectivity index (χ1v) is 11.5. The zero-order valence-electron chi connectivity index (χ0n) is 19.1. The summed E-state index contributed by atoms with van der Waals surface area (Å²) in [6, 6.07) is 15.5. The van der Waals surface area contributed by atoms with Crippen LogP contribution in [0, 0.1) is 0 Å². The SMILES string of the molecule is CC(C)n1nc2c(n1)C(N1CCN(C)C(CCc3ccccc3)C1)=c1ncccc1=CN2. The van der Waals surface area contributed by atoms with Crippen molar-refractivity contribution in [2.45, 2.75) is 38.8 Å². The van der Waals surface area contributed by atoms with Crippen LogP contribution in [-0.4, -0.2) is 62.5 Å². The predicted molar refractivity (Wildman–Crippen MR) is 127 cm³/mol. The van der Waals surface area contributed by atoms with E-state index in [-0.39, 0.29) is 6.04 Å². The molecule has 1 N–H and O–H groups in total. The van der Waals surface area contributed by atoms with E-state index < -0.39 is 0 Å². The number of pyridine rings is 1. The highest BCUT2D eigenvalue weighted by atomic mass is 15.5. The Balaban J connectivity index is 1.51. The Morgan fingerprint density at radius 2 is 1.91 bits per heavy atom. The Kier molecular flexibility index (Phi) is 5.66. The Hall–Kier alpha value is -3.19. The van der Waals surface area contributed by atoms with Gasteiger partial charge >= 0.3 is 0 Å². The van der Waals surface area contributed by atoms with Gasteiger partial charge in [-0.15, -0.1) is 10.2 Å². The molecule has 1 atom stereocenters. The zero-order valence-corrected chi connectivity index (χ0v) is 19.1. The largest absolute Gasteiger partial charge is 0.365 e. The lowest BCUT2D eigenvalue weighted by molar-refractivity contribution is 0.127. The van der Waals surface area contributed by atoms with Gasteiger partial charge in [-0.25, -0.2) is 0 Å². The summed E-state index contributed by atoms with van der Waals surface area (Å²) in [6.45, 7) is 7.10. The molecule has 0 aliphatic carbocycles. The quantitative estimate of drug-likeness (QED) is 0.668. The van der Waals surface area contributed by atoms with Gasteiger partial charge in [-0.3, -0.25) is 9.88 Å². The summed E-state index contributed by atoms with van der Waals surface area (Å²) in [6.07, 6.45) is 6.07. The van der Waals surface area contributed by atoms with Gasteiger partial charge in [0, 0.05) is 43.3 Å². The average Bonchev–Trinajstić information content (AvgIpc) is 3.17. The summed E-state index contributed by atoms with van der Waals surface area (Å²) < 4.78 is 0. The van der Waals surface area contributed by atoms with E-state index in [4.69, 9.17) is 15.2 Å². The molecule has 1 saturated heterocycles. The van der Waals surface area contributed by atoms with Crippen LogP contribution in [0.3, 0.4) is 0 Å². The molecule has 1 unspecified atom stereocenters. The van der Waals surface area contributed by atoms with Crippen molar-refractivity contribution in [3.05, 3.63) is 70.5 Å². The molecule has 0 amide bonds. The first kappa shape index (κ1) is 20.7. The van der Waals surface area contributed by atoms with E-state index in [9.17, 15) is 0 Å². The number of fused-ring (bicyclic) bond motifs is 2. The van der Waals surface area contributed by atoms with Crippen LogP contribution >= 0.6 is 0 Å². The number of piperazine rings is 1. The zero-order chi connectivity index (χ0) is 22.1. The normalized spacial score (nSPS) is 18.6. The third kappa shape index (κ3) is 4.00. The number of aromatic nitrogens is 4. The third-order valence-corrected chi connectivity index (χ3v) is 6.45. The van der Waals surface area contributed by atoms with Crippen LogP contribution < -0.4 is 15.9 Å². The monoisotopic (exact) mass is 429 g/mol. The lowest BCUT2D eigenvalue weighted by Gasteiger charge is -2.41. The average molecular weight is 430 g/mol. The lowest BCUT2D eigenvalue weighted by Crippen LogP contribution is -2.52. The standard InChI is InChI=1S/C25H31N7/c1-18(2)32-28-23-24(22-20(10-7-13-26-22)16-27-25(23)29-32)31-15-14-30(3)21(17-31)12-11-19-8-5-4-6-9-19/h4-10,13,16,18,21H,11-12,14-15,17H2,1-3H3,(H,27,29). The topological polar surface area (TPSA) is 62.1 Å². The molecular weight excluding hydrogens is 398 g/mol. The number of hydrogen-bond donors (Lipinski definition) is 1. The molecule has 0 radical (unpaired) electrons. The fourth-order valence-corrected chi connectivity index (χ4v) is 4.54. The Bertz CT molecular complexity index is 1200. The number of nitrogens with zero attached hydrogens (tertiary/aromatic N) is 6. The van der Waals surface area contributed by atoms with Crippen molar-refractivity contribution in [1.82, 2.24) is 29.8 Å². The van der Waals surface area contributed by atoms with Crippen LogP contribution in [0.25, 0.3) is 11.9 Å². The van der Waals surface area contributed by atoms with Gasteiger partial charge in [0.15, 0.2) is 11.5 Å². The van der Waals surface area contributed by atoms with E-state index in [1.165, 1.54) is 5.56 Å². The number of nitrogens with one attached hydrogen (secondary N) is 1. The number of benzene rings is 1. The first-order chi connectivity index (χ1) is 15.6. The second-order valence-electron chi connectivity index (χ2n) is 8.99. The molecule has 0 bridgehead atoms. The van der Waals surface area contributed by atoms with Gasteiger partial charge in [0.2, 0.25) is 0 Å². The molecule has 166 valence electrons. The summed E-state index contributed by atoms with van der Waals surface area (Å²) in [5, 5.41) is 15.0. The van der Waals surface area contributed by atoms with Gasteiger partial charge in [-0.05, 0) is 51.4 Å². The summed E-state index contributed by atoms with van der Waals surface area (Å²) in [4.78, 5) is 11.5. The van der Waals surface area contributed by atoms with Gasteiger partial charge in [0.1, 0.15) is 0 Å². The lowest BCUT2D eigenvalue weighted by atomic mass is 10.0.